The number of aromatic nitrogens is 3. The molecular weight excluding hydrogens is 424 g/mol. The van der Waals surface area contributed by atoms with Crippen LogP contribution in [0.5, 0.6) is 11.5 Å². The molecule has 2 heterocycles. The fourth-order valence-electron chi connectivity index (χ4n) is 3.74. The highest BCUT2D eigenvalue weighted by Gasteiger charge is 2.21. The van der Waals surface area contributed by atoms with Gasteiger partial charge in [0.1, 0.15) is 13.2 Å². The Morgan fingerprint density at radius 3 is 2.72 bits per heavy atom. The van der Waals surface area contributed by atoms with E-state index >= 15 is 0 Å². The van der Waals surface area contributed by atoms with Crippen LogP contribution in [-0.2, 0) is 17.9 Å². The first kappa shape index (κ1) is 22.2. The molecule has 0 saturated carbocycles. The molecule has 0 N–H and O–H groups in total. The van der Waals surface area contributed by atoms with Gasteiger partial charge in [0.05, 0.1) is 5.75 Å². The second-order valence-corrected chi connectivity index (χ2v) is 8.50. The van der Waals surface area contributed by atoms with Crippen LogP contribution in [0.4, 0.5) is 0 Å². The molecule has 168 valence electrons. The molecule has 0 bridgehead atoms. The molecule has 0 atom stereocenters. The standard InChI is InChI=1S/C24H28N4O3S/c1-4-27(15-19-10-7-11-20-22(19)31-13-12-30-20)21(29)16-32-24-26-25-23(28(24)5-2)18-9-6-8-17(3)14-18/h6-11,14H,4-5,12-13,15-16H2,1-3H3. The van der Waals surface area contributed by atoms with Gasteiger partial charge in [-0.25, -0.2) is 0 Å². The predicted octanol–water partition coefficient (Wildman–Crippen LogP) is 4.19. The molecule has 8 heteroatoms. The number of aryl methyl sites for hydroxylation is 1. The average Bonchev–Trinajstić information content (AvgIpc) is 3.24. The number of fused-ring (bicyclic) bond motifs is 1. The van der Waals surface area contributed by atoms with Crippen LogP contribution in [-0.4, -0.2) is 51.1 Å². The third-order valence-corrected chi connectivity index (χ3v) is 6.33. The van der Waals surface area contributed by atoms with Crippen LogP contribution in [0.3, 0.4) is 0 Å². The topological polar surface area (TPSA) is 69.5 Å². The molecule has 0 saturated heterocycles. The smallest absolute Gasteiger partial charge is 0.233 e. The van der Waals surface area contributed by atoms with E-state index in [1.165, 1.54) is 17.3 Å². The lowest BCUT2D eigenvalue weighted by atomic mass is 10.1. The fraction of sp³-hybridized carbons (Fsp3) is 0.375. The summed E-state index contributed by atoms with van der Waals surface area (Å²) in [5, 5.41) is 9.51. The molecule has 0 radical (unpaired) electrons. The monoisotopic (exact) mass is 452 g/mol. The average molecular weight is 453 g/mol. The van der Waals surface area contributed by atoms with Gasteiger partial charge in [0.2, 0.25) is 5.91 Å². The van der Waals surface area contributed by atoms with Crippen LogP contribution < -0.4 is 9.47 Å². The molecule has 4 rings (SSSR count). The van der Waals surface area contributed by atoms with Crippen molar-refractivity contribution >= 4 is 17.7 Å². The van der Waals surface area contributed by atoms with Gasteiger partial charge in [-0.1, -0.05) is 47.7 Å². The number of benzene rings is 2. The Morgan fingerprint density at radius 1 is 1.12 bits per heavy atom. The molecule has 32 heavy (non-hydrogen) atoms. The molecule has 1 aromatic heterocycles. The van der Waals surface area contributed by atoms with Gasteiger partial charge in [-0.2, -0.15) is 0 Å². The maximum absolute atomic E-state index is 13.0. The Bertz CT molecular complexity index is 1100. The van der Waals surface area contributed by atoms with Gasteiger partial charge in [0.25, 0.3) is 0 Å². The highest BCUT2D eigenvalue weighted by atomic mass is 32.2. The minimum atomic E-state index is 0.0505. The van der Waals surface area contributed by atoms with E-state index < -0.39 is 0 Å². The summed E-state index contributed by atoms with van der Waals surface area (Å²) in [6, 6.07) is 14.0. The van der Waals surface area contributed by atoms with Crippen molar-refractivity contribution in [3.8, 4) is 22.9 Å². The van der Waals surface area contributed by atoms with E-state index in [9.17, 15) is 4.79 Å². The first-order valence-electron chi connectivity index (χ1n) is 10.9. The zero-order chi connectivity index (χ0) is 22.5. The molecule has 1 aliphatic rings. The van der Waals surface area contributed by atoms with Gasteiger partial charge in [-0.3, -0.25) is 4.79 Å². The third kappa shape index (κ3) is 4.75. The number of amides is 1. The van der Waals surface area contributed by atoms with Crippen molar-refractivity contribution in [3.63, 3.8) is 0 Å². The third-order valence-electron chi connectivity index (χ3n) is 5.38. The fourth-order valence-corrected chi connectivity index (χ4v) is 4.64. The minimum absolute atomic E-state index is 0.0505. The molecule has 0 aliphatic carbocycles. The zero-order valence-corrected chi connectivity index (χ0v) is 19.5. The van der Waals surface area contributed by atoms with Crippen LogP contribution in [0.15, 0.2) is 47.6 Å². The summed E-state index contributed by atoms with van der Waals surface area (Å²) in [5.41, 5.74) is 3.17. The summed E-state index contributed by atoms with van der Waals surface area (Å²) in [7, 11) is 0. The summed E-state index contributed by atoms with van der Waals surface area (Å²) in [4.78, 5) is 14.8. The molecule has 2 aromatic carbocycles. The maximum Gasteiger partial charge on any atom is 0.233 e. The molecule has 1 amide bonds. The van der Waals surface area contributed by atoms with Crippen LogP contribution >= 0.6 is 11.8 Å². The number of nitrogens with zero attached hydrogens (tertiary/aromatic N) is 4. The summed E-state index contributed by atoms with van der Waals surface area (Å²) in [6.07, 6.45) is 0. The van der Waals surface area contributed by atoms with Gasteiger partial charge < -0.3 is 18.9 Å². The Kier molecular flexibility index (Phi) is 6.99. The number of rotatable bonds is 8. The van der Waals surface area contributed by atoms with E-state index in [1.807, 2.05) is 42.2 Å². The second kappa shape index (κ2) is 10.1. The van der Waals surface area contributed by atoms with Gasteiger partial charge in [0, 0.05) is 30.8 Å². The van der Waals surface area contributed by atoms with Crippen molar-refractivity contribution in [1.82, 2.24) is 19.7 Å². The summed E-state index contributed by atoms with van der Waals surface area (Å²) >= 11 is 1.42. The Hall–Kier alpha value is -3.00. The van der Waals surface area contributed by atoms with E-state index in [0.29, 0.717) is 32.1 Å². The van der Waals surface area contributed by atoms with Crippen molar-refractivity contribution in [3.05, 3.63) is 53.6 Å². The molecule has 0 fully saturated rings. The highest BCUT2D eigenvalue weighted by molar-refractivity contribution is 7.99. The normalized spacial score (nSPS) is 12.6. The SMILES string of the molecule is CCN(Cc1cccc2c1OCCO2)C(=O)CSc1nnc(-c2cccc(C)c2)n1CC. The minimum Gasteiger partial charge on any atom is -0.486 e. The molecule has 1 aliphatic heterocycles. The number of thioether (sulfide) groups is 1. The number of ether oxygens (including phenoxy) is 2. The Morgan fingerprint density at radius 2 is 1.94 bits per heavy atom. The highest BCUT2D eigenvalue weighted by Crippen LogP contribution is 2.34. The zero-order valence-electron chi connectivity index (χ0n) is 18.7. The summed E-state index contributed by atoms with van der Waals surface area (Å²) in [6.45, 7) is 9.01. The number of hydrogen-bond donors (Lipinski definition) is 0. The predicted molar refractivity (Wildman–Crippen MR) is 125 cm³/mol. The molecule has 3 aromatic rings. The number of hydrogen-bond acceptors (Lipinski definition) is 6. The van der Waals surface area contributed by atoms with E-state index in [0.717, 1.165) is 40.2 Å². The van der Waals surface area contributed by atoms with Gasteiger partial charge in [0.15, 0.2) is 22.5 Å². The molecule has 0 spiro atoms. The second-order valence-electron chi connectivity index (χ2n) is 7.56. The Balaban J connectivity index is 1.45. The van der Waals surface area contributed by atoms with E-state index in [1.54, 1.807) is 0 Å². The number of carbonyl (C=O) groups is 1. The summed E-state index contributed by atoms with van der Waals surface area (Å²) < 4.78 is 13.5. The molecule has 0 unspecified atom stereocenters. The van der Waals surface area contributed by atoms with E-state index in [4.69, 9.17) is 9.47 Å². The van der Waals surface area contributed by atoms with Gasteiger partial charge in [-0.15, -0.1) is 10.2 Å². The quantitative estimate of drug-likeness (QED) is 0.478. The van der Waals surface area contributed by atoms with Crippen molar-refractivity contribution in [2.45, 2.75) is 39.0 Å². The lowest BCUT2D eigenvalue weighted by Crippen LogP contribution is -2.32. The van der Waals surface area contributed by atoms with Gasteiger partial charge in [-0.05, 0) is 32.9 Å². The van der Waals surface area contributed by atoms with E-state index in [-0.39, 0.29) is 5.91 Å². The summed E-state index contributed by atoms with van der Waals surface area (Å²) in [5.74, 6) is 2.66. The van der Waals surface area contributed by atoms with Crippen molar-refractivity contribution in [1.29, 1.82) is 0 Å². The number of para-hydroxylation sites is 1. The lowest BCUT2D eigenvalue weighted by Gasteiger charge is -2.25. The largest absolute Gasteiger partial charge is 0.486 e. The molecular formula is C24H28N4O3S. The lowest BCUT2D eigenvalue weighted by molar-refractivity contribution is -0.128. The van der Waals surface area contributed by atoms with Crippen molar-refractivity contribution < 1.29 is 14.3 Å². The van der Waals surface area contributed by atoms with Crippen LogP contribution in [0.1, 0.15) is 25.0 Å². The van der Waals surface area contributed by atoms with E-state index in [2.05, 4.69) is 40.7 Å². The van der Waals surface area contributed by atoms with Crippen molar-refractivity contribution in [2.24, 2.45) is 0 Å². The van der Waals surface area contributed by atoms with Crippen molar-refractivity contribution in [2.75, 3.05) is 25.5 Å². The number of carbonyl (C=O) groups excluding carboxylic acids is 1. The van der Waals surface area contributed by atoms with Crippen LogP contribution in [0.25, 0.3) is 11.4 Å². The first-order chi connectivity index (χ1) is 15.6. The Labute approximate surface area is 192 Å². The van der Waals surface area contributed by atoms with Crippen LogP contribution in [0.2, 0.25) is 0 Å². The molecule has 7 nitrogen and oxygen atoms in total. The first-order valence-corrected chi connectivity index (χ1v) is 11.9. The maximum atomic E-state index is 13.0. The van der Waals surface area contributed by atoms with Gasteiger partial charge >= 0.3 is 0 Å². The van der Waals surface area contributed by atoms with Crippen LogP contribution in [0, 0.1) is 6.92 Å².